The van der Waals surface area contributed by atoms with E-state index in [0.717, 1.165) is 5.56 Å². The van der Waals surface area contributed by atoms with Gasteiger partial charge in [0.1, 0.15) is 5.82 Å². The molecule has 0 atom stereocenters. The number of amides is 1. The molecule has 1 aromatic heterocycles. The molecule has 1 amide bonds. The lowest BCUT2D eigenvalue weighted by atomic mass is 9.83. The number of carbonyl (C=O) groups is 3. The second-order valence-electron chi connectivity index (χ2n) is 10.9. The van der Waals surface area contributed by atoms with Gasteiger partial charge in [-0.25, -0.2) is 9.78 Å². The number of piperidine rings is 1. The van der Waals surface area contributed by atoms with Crippen LogP contribution in [0.25, 0.3) is 10.9 Å². The van der Waals surface area contributed by atoms with E-state index in [2.05, 4.69) is 9.97 Å². The van der Waals surface area contributed by atoms with Crippen LogP contribution in [0.1, 0.15) is 70.8 Å². The number of fused-ring (bicyclic) bond motifs is 1. The Hall–Kier alpha value is -3.81. The van der Waals surface area contributed by atoms with Crippen molar-refractivity contribution in [1.29, 1.82) is 0 Å². The number of H-pyrrole nitrogens is 1. The quantitative estimate of drug-likeness (QED) is 0.463. The van der Waals surface area contributed by atoms with Gasteiger partial charge in [0.25, 0.3) is 5.56 Å². The van der Waals surface area contributed by atoms with Crippen LogP contribution in [0.4, 0.5) is 0 Å². The zero-order chi connectivity index (χ0) is 26.9. The molecule has 0 radical (unpaired) electrons. The molecule has 0 bridgehead atoms. The number of benzene rings is 2. The number of rotatable bonds is 7. The molecule has 0 saturated carbocycles. The highest BCUT2D eigenvalue weighted by Crippen LogP contribution is 2.29. The van der Waals surface area contributed by atoms with E-state index in [1.54, 1.807) is 25.1 Å². The third-order valence-electron chi connectivity index (χ3n) is 7.22. The number of likely N-dealkylation sites (tertiary alicyclic amines) is 1. The van der Waals surface area contributed by atoms with E-state index in [9.17, 15) is 24.3 Å². The first-order valence-corrected chi connectivity index (χ1v) is 12.6. The average molecular weight is 504 g/mol. The van der Waals surface area contributed by atoms with Crippen LogP contribution >= 0.6 is 0 Å². The van der Waals surface area contributed by atoms with Gasteiger partial charge >= 0.3 is 5.97 Å². The van der Waals surface area contributed by atoms with Crippen LogP contribution in [0.5, 0.6) is 0 Å². The molecule has 0 unspecified atom stereocenters. The van der Waals surface area contributed by atoms with Crippen molar-refractivity contribution in [2.45, 2.75) is 53.4 Å². The number of aromatic carboxylic acids is 1. The Labute approximate surface area is 215 Å². The van der Waals surface area contributed by atoms with Gasteiger partial charge in [0, 0.05) is 37.4 Å². The van der Waals surface area contributed by atoms with Gasteiger partial charge in [0.05, 0.1) is 16.5 Å². The second kappa shape index (κ2) is 10.3. The Morgan fingerprint density at radius 2 is 1.78 bits per heavy atom. The Bertz CT molecular complexity index is 1430. The molecule has 0 aliphatic carbocycles. The maximum absolute atomic E-state index is 13.1. The van der Waals surface area contributed by atoms with Crippen molar-refractivity contribution in [2.75, 3.05) is 13.1 Å². The van der Waals surface area contributed by atoms with Crippen molar-refractivity contribution in [1.82, 2.24) is 14.9 Å². The van der Waals surface area contributed by atoms with Gasteiger partial charge in [-0.3, -0.25) is 14.4 Å². The summed E-state index contributed by atoms with van der Waals surface area (Å²) < 4.78 is 0. The molecule has 8 heteroatoms. The fourth-order valence-electron chi connectivity index (χ4n) is 5.16. The van der Waals surface area contributed by atoms with Crippen molar-refractivity contribution in [2.24, 2.45) is 11.3 Å². The summed E-state index contributed by atoms with van der Waals surface area (Å²) in [6.45, 7) is 8.60. The fraction of sp³-hybridized carbons (Fsp3) is 0.414. The number of para-hydroxylation sites is 1. The van der Waals surface area contributed by atoms with E-state index >= 15 is 0 Å². The lowest BCUT2D eigenvalue weighted by Crippen LogP contribution is -2.42. The van der Waals surface area contributed by atoms with Gasteiger partial charge in [-0.15, -0.1) is 0 Å². The number of nitrogens with zero attached hydrogens (tertiary/aromatic N) is 2. The van der Waals surface area contributed by atoms with Crippen molar-refractivity contribution >= 4 is 28.6 Å². The molecule has 4 rings (SSSR count). The molecular formula is C29H33N3O5. The molecule has 3 aromatic rings. The number of aromatic amines is 1. The number of hydrogen-bond acceptors (Lipinski definition) is 5. The van der Waals surface area contributed by atoms with Crippen LogP contribution in [-0.2, 0) is 11.2 Å². The van der Waals surface area contributed by atoms with E-state index < -0.39 is 11.4 Å². The number of nitrogens with one attached hydrogen (secondary N) is 1. The molecule has 8 nitrogen and oxygen atoms in total. The predicted molar refractivity (Wildman–Crippen MR) is 141 cm³/mol. The van der Waals surface area contributed by atoms with Crippen LogP contribution in [0.15, 0.2) is 41.2 Å². The van der Waals surface area contributed by atoms with Crippen LogP contribution in [0.2, 0.25) is 0 Å². The molecule has 2 aromatic carbocycles. The minimum atomic E-state index is -1.01. The molecule has 2 N–H and O–H groups in total. The second-order valence-corrected chi connectivity index (χ2v) is 10.9. The average Bonchev–Trinajstić information content (AvgIpc) is 2.83. The smallest absolute Gasteiger partial charge is 0.335 e. The number of carbonyl (C=O) groups excluding carboxylic acids is 2. The molecular weight excluding hydrogens is 470 g/mol. The first kappa shape index (κ1) is 26.3. The van der Waals surface area contributed by atoms with E-state index in [1.165, 1.54) is 6.07 Å². The van der Waals surface area contributed by atoms with E-state index in [4.69, 9.17) is 0 Å². The maximum atomic E-state index is 13.1. The summed E-state index contributed by atoms with van der Waals surface area (Å²) in [5.74, 6) is -0.615. The molecule has 1 saturated heterocycles. The number of aryl methyl sites for hydroxylation is 2. The van der Waals surface area contributed by atoms with Crippen LogP contribution in [-0.4, -0.2) is 50.7 Å². The Balaban J connectivity index is 1.36. The summed E-state index contributed by atoms with van der Waals surface area (Å²) in [4.78, 5) is 59.3. The first-order valence-electron chi connectivity index (χ1n) is 12.6. The van der Waals surface area contributed by atoms with E-state index in [0.29, 0.717) is 66.6 Å². The number of ketones is 1. The molecule has 1 fully saturated rings. The minimum absolute atomic E-state index is 0.00547. The molecule has 1 aliphatic rings. The SMILES string of the molecule is Cc1cc(C(=O)C2CCN(C(=O)CC(C)(C)Cc3nc4c(C)cccc4c(=O)[nH]3)CC2)ccc1C(=O)O. The highest BCUT2D eigenvalue weighted by atomic mass is 16.4. The van der Waals surface area contributed by atoms with Crippen LogP contribution in [0, 0.1) is 25.2 Å². The zero-order valence-corrected chi connectivity index (χ0v) is 21.8. The number of carboxylic acids is 1. The third-order valence-corrected chi connectivity index (χ3v) is 7.22. The molecule has 37 heavy (non-hydrogen) atoms. The highest BCUT2D eigenvalue weighted by Gasteiger charge is 2.31. The van der Waals surface area contributed by atoms with Crippen LogP contribution in [0.3, 0.4) is 0 Å². The van der Waals surface area contributed by atoms with Crippen molar-refractivity contribution in [3.8, 4) is 0 Å². The maximum Gasteiger partial charge on any atom is 0.335 e. The van der Waals surface area contributed by atoms with Crippen molar-refractivity contribution in [3.63, 3.8) is 0 Å². The Morgan fingerprint density at radius 1 is 1.08 bits per heavy atom. The fourth-order valence-corrected chi connectivity index (χ4v) is 5.16. The van der Waals surface area contributed by atoms with E-state index in [1.807, 2.05) is 37.8 Å². The van der Waals surface area contributed by atoms with Crippen molar-refractivity contribution in [3.05, 3.63) is 74.8 Å². The number of hydrogen-bond donors (Lipinski definition) is 2. The topological polar surface area (TPSA) is 120 Å². The molecule has 0 spiro atoms. The number of aromatic nitrogens is 2. The number of Topliss-reactive ketones (excluding diaryl/α,β-unsaturated/α-hetero) is 1. The van der Waals surface area contributed by atoms with Gasteiger partial charge in [-0.1, -0.05) is 32.0 Å². The summed E-state index contributed by atoms with van der Waals surface area (Å²) in [5.41, 5.74) is 2.29. The lowest BCUT2D eigenvalue weighted by Gasteiger charge is -2.34. The molecule has 1 aliphatic heterocycles. The van der Waals surface area contributed by atoms with E-state index in [-0.39, 0.29) is 28.7 Å². The molecule has 194 valence electrons. The largest absolute Gasteiger partial charge is 0.478 e. The van der Waals surface area contributed by atoms with Crippen molar-refractivity contribution < 1.29 is 19.5 Å². The summed E-state index contributed by atoms with van der Waals surface area (Å²) >= 11 is 0. The lowest BCUT2D eigenvalue weighted by molar-refractivity contribution is -0.134. The first-order chi connectivity index (χ1) is 17.4. The molecule has 2 heterocycles. The Morgan fingerprint density at radius 3 is 2.43 bits per heavy atom. The summed E-state index contributed by atoms with van der Waals surface area (Å²) in [6.07, 6.45) is 1.91. The normalized spacial score (nSPS) is 14.6. The third kappa shape index (κ3) is 5.79. The van der Waals surface area contributed by atoms with Gasteiger partial charge < -0.3 is 15.0 Å². The summed E-state index contributed by atoms with van der Waals surface area (Å²) in [5, 5.41) is 9.77. The van der Waals surface area contributed by atoms with Crippen LogP contribution < -0.4 is 5.56 Å². The van der Waals surface area contributed by atoms with Gasteiger partial charge in [0.15, 0.2) is 5.78 Å². The standard InChI is InChI=1S/C29H33N3O5/c1-17-6-5-7-22-25(17)30-23(31-27(22)35)15-29(3,4)16-24(33)32-12-10-19(11-13-32)26(34)20-8-9-21(28(36)37)18(2)14-20/h5-9,14,19H,10-13,15-16H2,1-4H3,(H,36,37)(H,30,31,35). The monoisotopic (exact) mass is 503 g/mol. The highest BCUT2D eigenvalue weighted by molar-refractivity contribution is 5.99. The minimum Gasteiger partial charge on any atom is -0.478 e. The summed E-state index contributed by atoms with van der Waals surface area (Å²) in [7, 11) is 0. The van der Waals surface area contributed by atoms with Gasteiger partial charge in [-0.05, 0) is 61.4 Å². The number of carboxylic acid groups (broad SMARTS) is 1. The predicted octanol–water partition coefficient (Wildman–Crippen LogP) is 4.32. The van der Waals surface area contributed by atoms with Gasteiger partial charge in [-0.2, -0.15) is 0 Å². The Kier molecular flexibility index (Phi) is 7.30. The zero-order valence-electron chi connectivity index (χ0n) is 21.8. The summed E-state index contributed by atoms with van der Waals surface area (Å²) in [6, 6.07) is 10.2. The van der Waals surface area contributed by atoms with Gasteiger partial charge in [0.2, 0.25) is 5.91 Å².